The highest BCUT2D eigenvalue weighted by atomic mass is 35.5. The van der Waals surface area contributed by atoms with Gasteiger partial charge in [-0.1, -0.05) is 30.7 Å². The first-order valence-corrected chi connectivity index (χ1v) is 8.12. The van der Waals surface area contributed by atoms with Gasteiger partial charge in [-0.05, 0) is 31.0 Å². The van der Waals surface area contributed by atoms with Crippen molar-refractivity contribution in [1.29, 1.82) is 0 Å². The number of benzene rings is 1. The van der Waals surface area contributed by atoms with Gasteiger partial charge in [-0.25, -0.2) is 0 Å². The fraction of sp³-hybridized carbons (Fsp3) is 0.400. The SMILES string of the molecule is CCc1nn(CC)c(CSc2ccc(CO)cc2)c1Cl. The first-order valence-electron chi connectivity index (χ1n) is 6.76. The van der Waals surface area contributed by atoms with Crippen molar-refractivity contribution in [2.24, 2.45) is 0 Å². The lowest BCUT2D eigenvalue weighted by molar-refractivity contribution is 0.282. The van der Waals surface area contributed by atoms with E-state index in [1.54, 1.807) is 11.8 Å². The standard InChI is InChI=1S/C15H19ClN2OS/c1-3-13-15(16)14(18(4-2)17-13)10-20-12-7-5-11(9-19)6-8-12/h5-8,19H,3-4,9-10H2,1-2H3. The van der Waals surface area contributed by atoms with Crippen LogP contribution in [0, 0.1) is 0 Å². The molecule has 0 aliphatic rings. The van der Waals surface area contributed by atoms with E-state index in [9.17, 15) is 0 Å². The maximum atomic E-state index is 9.04. The third-order valence-corrected chi connectivity index (χ3v) is 4.64. The van der Waals surface area contributed by atoms with Crippen LogP contribution in [-0.4, -0.2) is 14.9 Å². The van der Waals surface area contributed by atoms with Crippen molar-refractivity contribution < 1.29 is 5.11 Å². The number of hydrogen-bond donors (Lipinski definition) is 1. The van der Waals surface area contributed by atoms with Gasteiger partial charge in [0.2, 0.25) is 0 Å². The Kier molecular flexibility index (Phi) is 5.52. The normalized spacial score (nSPS) is 11.0. The van der Waals surface area contributed by atoms with E-state index in [4.69, 9.17) is 16.7 Å². The van der Waals surface area contributed by atoms with Gasteiger partial charge in [0.1, 0.15) is 0 Å². The van der Waals surface area contributed by atoms with Crippen molar-refractivity contribution in [1.82, 2.24) is 9.78 Å². The summed E-state index contributed by atoms with van der Waals surface area (Å²) >= 11 is 8.13. The molecule has 3 nitrogen and oxygen atoms in total. The van der Waals surface area contributed by atoms with Crippen molar-refractivity contribution in [2.45, 2.75) is 44.1 Å². The predicted molar refractivity (Wildman–Crippen MR) is 84.2 cm³/mol. The Morgan fingerprint density at radius 1 is 1.25 bits per heavy atom. The molecule has 0 spiro atoms. The average Bonchev–Trinajstić information content (AvgIpc) is 2.81. The smallest absolute Gasteiger partial charge is 0.0858 e. The number of aryl methyl sites for hydroxylation is 2. The van der Waals surface area contributed by atoms with Crippen LogP contribution in [0.3, 0.4) is 0 Å². The molecule has 0 bridgehead atoms. The summed E-state index contributed by atoms with van der Waals surface area (Å²) in [5.41, 5.74) is 2.99. The lowest BCUT2D eigenvalue weighted by atomic mass is 10.2. The molecule has 5 heteroatoms. The van der Waals surface area contributed by atoms with Gasteiger partial charge in [0.15, 0.2) is 0 Å². The second-order valence-corrected chi connectivity index (χ2v) is 5.89. The molecule has 1 heterocycles. The summed E-state index contributed by atoms with van der Waals surface area (Å²) < 4.78 is 1.98. The van der Waals surface area contributed by atoms with E-state index in [0.29, 0.717) is 0 Å². The lowest BCUT2D eigenvalue weighted by Gasteiger charge is -2.06. The molecular weight excluding hydrogens is 292 g/mol. The molecule has 0 unspecified atom stereocenters. The Labute approximate surface area is 129 Å². The second-order valence-electron chi connectivity index (χ2n) is 4.47. The summed E-state index contributed by atoms with van der Waals surface area (Å²) in [6.45, 7) is 5.06. The quantitative estimate of drug-likeness (QED) is 0.822. The van der Waals surface area contributed by atoms with Crippen molar-refractivity contribution in [2.75, 3.05) is 0 Å². The molecule has 0 aliphatic heterocycles. The van der Waals surface area contributed by atoms with E-state index in [-0.39, 0.29) is 6.61 Å². The van der Waals surface area contributed by atoms with E-state index >= 15 is 0 Å². The van der Waals surface area contributed by atoms with Crippen LogP contribution in [-0.2, 0) is 25.3 Å². The van der Waals surface area contributed by atoms with Gasteiger partial charge < -0.3 is 5.11 Å². The fourth-order valence-electron chi connectivity index (χ4n) is 2.00. The van der Waals surface area contributed by atoms with E-state index in [1.807, 2.05) is 28.9 Å². The van der Waals surface area contributed by atoms with Gasteiger partial charge in [-0.3, -0.25) is 4.68 Å². The van der Waals surface area contributed by atoms with Gasteiger partial charge in [0.05, 0.1) is 23.0 Å². The molecule has 2 aromatic rings. The molecule has 0 aliphatic carbocycles. The van der Waals surface area contributed by atoms with Crippen molar-refractivity contribution >= 4 is 23.4 Å². The molecule has 1 aromatic heterocycles. The first kappa shape index (κ1) is 15.4. The van der Waals surface area contributed by atoms with Gasteiger partial charge in [-0.2, -0.15) is 5.10 Å². The zero-order chi connectivity index (χ0) is 14.5. The summed E-state index contributed by atoms with van der Waals surface area (Å²) in [6.07, 6.45) is 0.856. The topological polar surface area (TPSA) is 38.0 Å². The highest BCUT2D eigenvalue weighted by Gasteiger charge is 2.14. The minimum atomic E-state index is 0.0826. The Morgan fingerprint density at radius 3 is 2.50 bits per heavy atom. The third-order valence-electron chi connectivity index (χ3n) is 3.18. The number of hydrogen-bond acceptors (Lipinski definition) is 3. The molecule has 1 N–H and O–H groups in total. The Bertz CT molecular complexity index is 566. The molecule has 0 fully saturated rings. The molecule has 0 saturated heterocycles. The average molecular weight is 311 g/mol. The van der Waals surface area contributed by atoms with E-state index in [2.05, 4.69) is 18.9 Å². The summed E-state index contributed by atoms with van der Waals surface area (Å²) in [6, 6.07) is 7.94. The number of halogens is 1. The number of thioether (sulfide) groups is 1. The van der Waals surface area contributed by atoms with E-state index < -0.39 is 0 Å². The summed E-state index contributed by atoms with van der Waals surface area (Å²) in [7, 11) is 0. The molecule has 1 aromatic carbocycles. The molecule has 0 radical (unpaired) electrons. The van der Waals surface area contributed by atoms with Crippen LogP contribution < -0.4 is 0 Å². The minimum absolute atomic E-state index is 0.0826. The number of aliphatic hydroxyl groups is 1. The summed E-state index contributed by atoms with van der Waals surface area (Å²) in [4.78, 5) is 1.17. The maximum Gasteiger partial charge on any atom is 0.0858 e. The van der Waals surface area contributed by atoms with Gasteiger partial charge in [0, 0.05) is 17.2 Å². The molecule has 0 amide bonds. The Hall–Kier alpha value is -0.970. The monoisotopic (exact) mass is 310 g/mol. The fourth-order valence-corrected chi connectivity index (χ4v) is 3.34. The van der Waals surface area contributed by atoms with Crippen LogP contribution >= 0.6 is 23.4 Å². The maximum absolute atomic E-state index is 9.04. The highest BCUT2D eigenvalue weighted by Crippen LogP contribution is 2.29. The Balaban J connectivity index is 2.11. The van der Waals surface area contributed by atoms with Crippen LogP contribution in [0.4, 0.5) is 0 Å². The van der Waals surface area contributed by atoms with Crippen molar-refractivity contribution in [3.63, 3.8) is 0 Å². The molecule has 0 atom stereocenters. The number of aliphatic hydroxyl groups excluding tert-OH is 1. The second kappa shape index (κ2) is 7.16. The molecule has 20 heavy (non-hydrogen) atoms. The van der Waals surface area contributed by atoms with Gasteiger partial charge in [0.25, 0.3) is 0 Å². The van der Waals surface area contributed by atoms with Crippen molar-refractivity contribution in [3.05, 3.63) is 46.2 Å². The predicted octanol–water partition coefficient (Wildman–Crippen LogP) is 3.90. The van der Waals surface area contributed by atoms with Gasteiger partial charge in [-0.15, -0.1) is 11.8 Å². The number of aromatic nitrogens is 2. The molecule has 108 valence electrons. The van der Waals surface area contributed by atoms with Crippen LogP contribution in [0.25, 0.3) is 0 Å². The van der Waals surface area contributed by atoms with E-state index in [1.165, 1.54) is 4.90 Å². The first-order chi connectivity index (χ1) is 9.69. The van der Waals surface area contributed by atoms with Crippen LogP contribution in [0.5, 0.6) is 0 Å². The zero-order valence-electron chi connectivity index (χ0n) is 11.8. The summed E-state index contributed by atoms with van der Waals surface area (Å²) in [5.74, 6) is 0.804. The number of nitrogens with zero attached hydrogens (tertiary/aromatic N) is 2. The van der Waals surface area contributed by atoms with E-state index in [0.717, 1.165) is 40.7 Å². The number of rotatable bonds is 6. The van der Waals surface area contributed by atoms with Crippen LogP contribution in [0.15, 0.2) is 29.2 Å². The largest absolute Gasteiger partial charge is 0.392 e. The van der Waals surface area contributed by atoms with Crippen LogP contribution in [0.2, 0.25) is 5.02 Å². The molecular formula is C15H19ClN2OS. The van der Waals surface area contributed by atoms with Crippen molar-refractivity contribution in [3.8, 4) is 0 Å². The zero-order valence-corrected chi connectivity index (χ0v) is 13.3. The molecule has 0 saturated carbocycles. The Morgan fingerprint density at radius 2 is 1.95 bits per heavy atom. The minimum Gasteiger partial charge on any atom is -0.392 e. The summed E-state index contributed by atoms with van der Waals surface area (Å²) in [5, 5.41) is 14.4. The van der Waals surface area contributed by atoms with Gasteiger partial charge >= 0.3 is 0 Å². The molecule has 2 rings (SSSR count). The third kappa shape index (κ3) is 3.37. The highest BCUT2D eigenvalue weighted by molar-refractivity contribution is 7.98. The van der Waals surface area contributed by atoms with Crippen LogP contribution in [0.1, 0.15) is 30.8 Å². The lowest BCUT2D eigenvalue weighted by Crippen LogP contribution is -2.01.